The van der Waals surface area contributed by atoms with Crippen molar-refractivity contribution in [3.8, 4) is 0 Å². The number of likely N-dealkylation sites (tertiary alicyclic amines) is 1. The van der Waals surface area contributed by atoms with Gasteiger partial charge in [0.15, 0.2) is 0 Å². The smallest absolute Gasteiger partial charge is 0.295 e. The minimum Gasteiger partial charge on any atom is -0.507 e. The number of Topliss-reactive ketones (excluding diaryl/α,β-unsaturated/α-hetero) is 1. The molecule has 0 saturated carbocycles. The Morgan fingerprint density at radius 1 is 1.10 bits per heavy atom. The Morgan fingerprint density at radius 2 is 1.81 bits per heavy atom. The van der Waals surface area contributed by atoms with Gasteiger partial charge in [-0.1, -0.05) is 39.7 Å². The monoisotopic (exact) mass is 504 g/mol. The molecule has 0 radical (unpaired) electrons. The molecule has 0 aromatic heterocycles. The topological polar surface area (TPSA) is 70.1 Å². The SMILES string of the molecule is O=C1C(=O)N(CCN2CCOCC2)[C@@H](c2cccc(Br)c2)/C1=C(\O)c1ccc(Cl)cc1. The first-order valence-corrected chi connectivity index (χ1v) is 11.2. The highest BCUT2D eigenvalue weighted by molar-refractivity contribution is 9.10. The molecule has 1 amide bonds. The summed E-state index contributed by atoms with van der Waals surface area (Å²) >= 11 is 9.43. The Labute approximate surface area is 194 Å². The second kappa shape index (κ2) is 9.53. The number of ether oxygens (including phenoxy) is 1. The summed E-state index contributed by atoms with van der Waals surface area (Å²) < 4.78 is 6.22. The van der Waals surface area contributed by atoms with E-state index >= 15 is 0 Å². The van der Waals surface area contributed by atoms with Crippen LogP contribution in [0.15, 0.2) is 58.6 Å². The van der Waals surface area contributed by atoms with E-state index in [0.29, 0.717) is 36.9 Å². The van der Waals surface area contributed by atoms with Crippen molar-refractivity contribution in [2.24, 2.45) is 0 Å². The van der Waals surface area contributed by atoms with Crippen molar-refractivity contribution in [2.75, 3.05) is 39.4 Å². The maximum atomic E-state index is 13.0. The molecule has 4 rings (SSSR count). The van der Waals surface area contributed by atoms with E-state index in [9.17, 15) is 14.7 Å². The molecule has 2 fully saturated rings. The lowest BCUT2D eigenvalue weighted by molar-refractivity contribution is -0.140. The van der Waals surface area contributed by atoms with Crippen LogP contribution in [0.5, 0.6) is 0 Å². The Morgan fingerprint density at radius 3 is 2.48 bits per heavy atom. The van der Waals surface area contributed by atoms with Crippen molar-refractivity contribution < 1.29 is 19.4 Å². The Bertz CT molecular complexity index is 1020. The molecule has 2 aliphatic rings. The predicted octanol–water partition coefficient (Wildman–Crippen LogP) is 3.86. The average molecular weight is 506 g/mol. The van der Waals surface area contributed by atoms with Crippen LogP contribution in [0, 0.1) is 0 Å². The molecule has 31 heavy (non-hydrogen) atoms. The van der Waals surface area contributed by atoms with Gasteiger partial charge in [0.05, 0.1) is 24.8 Å². The molecule has 162 valence electrons. The van der Waals surface area contributed by atoms with E-state index in [4.69, 9.17) is 16.3 Å². The van der Waals surface area contributed by atoms with Gasteiger partial charge >= 0.3 is 0 Å². The van der Waals surface area contributed by atoms with Crippen LogP contribution >= 0.6 is 27.5 Å². The number of hydrogen-bond acceptors (Lipinski definition) is 5. The summed E-state index contributed by atoms with van der Waals surface area (Å²) in [4.78, 5) is 29.8. The summed E-state index contributed by atoms with van der Waals surface area (Å²) in [5.74, 6) is -1.48. The first-order valence-electron chi connectivity index (χ1n) is 10.1. The lowest BCUT2D eigenvalue weighted by Crippen LogP contribution is -2.42. The molecule has 6 nitrogen and oxygen atoms in total. The number of rotatable bonds is 5. The summed E-state index contributed by atoms with van der Waals surface area (Å²) in [6.45, 7) is 3.89. The van der Waals surface area contributed by atoms with Crippen molar-refractivity contribution in [1.29, 1.82) is 0 Å². The van der Waals surface area contributed by atoms with Crippen LogP contribution in [0.4, 0.5) is 0 Å². The Hall–Kier alpha value is -2.19. The molecule has 0 unspecified atom stereocenters. The molecule has 2 saturated heterocycles. The minimum absolute atomic E-state index is 0.0902. The zero-order valence-corrected chi connectivity index (χ0v) is 19.1. The van der Waals surface area contributed by atoms with Gasteiger partial charge in [-0.3, -0.25) is 14.5 Å². The molecule has 2 aromatic rings. The maximum Gasteiger partial charge on any atom is 0.295 e. The maximum absolute atomic E-state index is 13.0. The van der Waals surface area contributed by atoms with E-state index in [0.717, 1.165) is 23.1 Å². The number of morpholine rings is 1. The number of hydrogen-bond donors (Lipinski definition) is 1. The molecule has 8 heteroatoms. The molecule has 1 N–H and O–H groups in total. The molecule has 0 bridgehead atoms. The highest BCUT2D eigenvalue weighted by Gasteiger charge is 2.46. The number of halogens is 2. The van der Waals surface area contributed by atoms with E-state index < -0.39 is 17.7 Å². The van der Waals surface area contributed by atoms with E-state index in [2.05, 4.69) is 20.8 Å². The van der Waals surface area contributed by atoms with Gasteiger partial charge in [-0.25, -0.2) is 0 Å². The van der Waals surface area contributed by atoms with Crippen LogP contribution < -0.4 is 0 Å². The largest absolute Gasteiger partial charge is 0.507 e. The van der Waals surface area contributed by atoms with Crippen LogP contribution in [0.1, 0.15) is 17.2 Å². The number of benzene rings is 2. The third kappa shape index (κ3) is 4.70. The van der Waals surface area contributed by atoms with E-state index in [-0.39, 0.29) is 11.3 Å². The van der Waals surface area contributed by atoms with Crippen LogP contribution in [-0.4, -0.2) is 66.0 Å². The van der Waals surface area contributed by atoms with Crippen molar-refractivity contribution in [3.05, 3.63) is 74.7 Å². The molecular formula is C23H22BrClN2O4. The van der Waals surface area contributed by atoms with Crippen molar-refractivity contribution in [2.45, 2.75) is 6.04 Å². The lowest BCUT2D eigenvalue weighted by Gasteiger charge is -2.31. The highest BCUT2D eigenvalue weighted by atomic mass is 79.9. The molecule has 1 atom stereocenters. The molecule has 2 aliphatic heterocycles. The van der Waals surface area contributed by atoms with Gasteiger partial charge in [0, 0.05) is 41.2 Å². The number of amides is 1. The third-order valence-electron chi connectivity index (χ3n) is 5.58. The molecule has 2 heterocycles. The van der Waals surface area contributed by atoms with Gasteiger partial charge in [0.25, 0.3) is 11.7 Å². The first-order chi connectivity index (χ1) is 15.0. The third-order valence-corrected chi connectivity index (χ3v) is 6.33. The molecule has 0 aliphatic carbocycles. The summed E-state index contributed by atoms with van der Waals surface area (Å²) in [6, 6.07) is 13.3. The number of aliphatic hydroxyl groups excluding tert-OH is 1. The Kier molecular flexibility index (Phi) is 6.77. The number of carbonyl (C=O) groups excluding carboxylic acids is 2. The van der Waals surface area contributed by atoms with Gasteiger partial charge in [-0.15, -0.1) is 0 Å². The lowest BCUT2D eigenvalue weighted by atomic mass is 9.95. The van der Waals surface area contributed by atoms with Gasteiger partial charge in [-0.05, 0) is 42.0 Å². The van der Waals surface area contributed by atoms with Crippen LogP contribution in [0.25, 0.3) is 5.76 Å². The zero-order valence-electron chi connectivity index (χ0n) is 16.8. The second-order valence-corrected chi connectivity index (χ2v) is 8.86. The second-order valence-electron chi connectivity index (χ2n) is 7.51. The van der Waals surface area contributed by atoms with Crippen molar-refractivity contribution in [3.63, 3.8) is 0 Å². The average Bonchev–Trinajstić information content (AvgIpc) is 3.03. The summed E-state index contributed by atoms with van der Waals surface area (Å²) in [5.41, 5.74) is 1.29. The predicted molar refractivity (Wildman–Crippen MR) is 122 cm³/mol. The number of ketones is 1. The van der Waals surface area contributed by atoms with E-state index in [1.54, 1.807) is 29.2 Å². The van der Waals surface area contributed by atoms with E-state index in [1.165, 1.54) is 0 Å². The van der Waals surface area contributed by atoms with Gasteiger partial charge in [-0.2, -0.15) is 0 Å². The number of carbonyl (C=O) groups is 2. The van der Waals surface area contributed by atoms with Gasteiger partial charge in [0.2, 0.25) is 0 Å². The van der Waals surface area contributed by atoms with E-state index in [1.807, 2.05) is 24.3 Å². The van der Waals surface area contributed by atoms with Crippen LogP contribution in [-0.2, 0) is 14.3 Å². The van der Waals surface area contributed by atoms with Crippen molar-refractivity contribution >= 4 is 45.0 Å². The summed E-state index contributed by atoms with van der Waals surface area (Å²) in [5, 5.41) is 11.6. The van der Waals surface area contributed by atoms with Gasteiger partial charge < -0.3 is 14.7 Å². The zero-order chi connectivity index (χ0) is 22.0. The summed E-state index contributed by atoms with van der Waals surface area (Å²) in [6.07, 6.45) is 0. The first kappa shape index (κ1) is 22.0. The van der Waals surface area contributed by atoms with Crippen molar-refractivity contribution in [1.82, 2.24) is 9.80 Å². The molecule has 0 spiro atoms. The minimum atomic E-state index is -0.681. The standard InChI is InChI=1S/C23H22BrClN2O4/c24-17-3-1-2-16(14-17)20-19(21(28)15-4-6-18(25)7-5-15)22(29)23(30)27(20)9-8-26-10-12-31-13-11-26/h1-7,14,20,28H,8-13H2/b21-19+/t20-/m0/s1. The van der Waals surface area contributed by atoms with Crippen LogP contribution in [0.3, 0.4) is 0 Å². The fraction of sp³-hybridized carbons (Fsp3) is 0.304. The fourth-order valence-corrected chi connectivity index (χ4v) is 4.51. The normalized spacial score (nSPS) is 21.6. The van der Waals surface area contributed by atoms with Gasteiger partial charge in [0.1, 0.15) is 5.76 Å². The molecular weight excluding hydrogens is 484 g/mol. The highest BCUT2D eigenvalue weighted by Crippen LogP contribution is 2.40. The fourth-order valence-electron chi connectivity index (χ4n) is 3.97. The van der Waals surface area contributed by atoms with Crippen LogP contribution in [0.2, 0.25) is 5.02 Å². The summed E-state index contributed by atoms with van der Waals surface area (Å²) in [7, 11) is 0. The number of nitrogens with zero attached hydrogens (tertiary/aromatic N) is 2. The Balaban J connectivity index is 1.73. The molecule has 2 aromatic carbocycles. The quantitative estimate of drug-likeness (QED) is 0.380. The number of aliphatic hydroxyl groups is 1.